The molecule has 0 aliphatic carbocycles. The zero-order valence-corrected chi connectivity index (χ0v) is 61.3. The molecule has 0 radical (unpaired) electrons. The lowest BCUT2D eigenvalue weighted by atomic mass is 9.85. The van der Waals surface area contributed by atoms with E-state index < -0.39 is 22.2 Å². The Kier molecular flexibility index (Phi) is 62.1. The number of likely N-dealkylation sites (tertiary alicyclic amines) is 4. The number of carboxylic acid groups (broad SMARTS) is 1. The van der Waals surface area contributed by atoms with Crippen LogP contribution in [0.15, 0.2) is 0 Å². The number of carboxylic acids is 1. The first-order chi connectivity index (χ1) is 39.5. The van der Waals surface area contributed by atoms with Crippen LogP contribution in [0.1, 0.15) is 283 Å². The number of piperidine rings is 5. The molecule has 0 aromatic carbocycles. The highest BCUT2D eigenvalue weighted by atomic mass is 16.4. The molecular formula is C70H146N6O9. The van der Waals surface area contributed by atoms with E-state index in [1.807, 2.05) is 88.0 Å². The van der Waals surface area contributed by atoms with Gasteiger partial charge in [0.25, 0.3) is 0 Å². The minimum atomic E-state index is -1.22. The number of amides is 1. The van der Waals surface area contributed by atoms with Gasteiger partial charge in [0.05, 0.1) is 5.41 Å². The third-order valence-electron chi connectivity index (χ3n) is 15.6. The van der Waals surface area contributed by atoms with Crippen LogP contribution >= 0.6 is 0 Å². The molecule has 0 saturated carbocycles. The van der Waals surface area contributed by atoms with Gasteiger partial charge in [0.1, 0.15) is 39.7 Å². The summed E-state index contributed by atoms with van der Waals surface area (Å²) in [6.45, 7) is 65.4. The first-order valence-corrected chi connectivity index (χ1v) is 33.8. The van der Waals surface area contributed by atoms with Gasteiger partial charge in [-0.15, -0.1) is 0 Å². The van der Waals surface area contributed by atoms with Gasteiger partial charge in [-0.05, 0) is 211 Å². The van der Waals surface area contributed by atoms with E-state index in [2.05, 4.69) is 47.7 Å². The zero-order chi connectivity index (χ0) is 68.3. The van der Waals surface area contributed by atoms with Crippen LogP contribution in [0.2, 0.25) is 0 Å². The van der Waals surface area contributed by atoms with Crippen LogP contribution in [-0.4, -0.2) is 169 Å². The maximum atomic E-state index is 12.0. The van der Waals surface area contributed by atoms with Crippen molar-refractivity contribution in [1.29, 1.82) is 0 Å². The summed E-state index contributed by atoms with van der Waals surface area (Å²) in [5.74, 6) is -1.30. The van der Waals surface area contributed by atoms with Crippen molar-refractivity contribution in [2.24, 2.45) is 38.2 Å². The number of aliphatic hydroxyl groups excluding tert-OH is 1. The second kappa shape index (κ2) is 55.1. The molecule has 0 spiro atoms. The van der Waals surface area contributed by atoms with Gasteiger partial charge in [-0.2, -0.15) is 0 Å². The number of aliphatic hydroxyl groups is 1. The first kappa shape index (κ1) is 95.7. The van der Waals surface area contributed by atoms with Gasteiger partial charge in [-0.3, -0.25) is 33.6 Å². The monoisotopic (exact) mass is 1220 g/mol. The molecule has 0 bridgehead atoms. The van der Waals surface area contributed by atoms with Crippen molar-refractivity contribution in [2.45, 2.75) is 283 Å². The van der Waals surface area contributed by atoms with Crippen LogP contribution in [0.4, 0.5) is 0 Å². The predicted molar refractivity (Wildman–Crippen MR) is 365 cm³/mol. The number of rotatable bonds is 15. The molecule has 5 aliphatic heterocycles. The lowest BCUT2D eigenvalue weighted by molar-refractivity contribution is -0.152. The predicted octanol–water partition coefficient (Wildman–Crippen LogP) is 14.4. The van der Waals surface area contributed by atoms with Gasteiger partial charge in [-0.25, -0.2) is 0 Å². The SMILES string of the molecule is C1CCNCC1.CC.CC.CC.CC.CC.CC(=O)C(C)(C)C(=O)N1CCCCC1.CC(=O)C(C)(C)C(=O)O.CC(=O)C(C)(C)C(C)=O.CC(=O)C(C)(C)CN1CCCCC1.CC(C)(CN)CN1CCCCC1.CC(C)(CO)CN1CCCCC1. The normalized spacial score (nSPS) is 16.5. The van der Waals surface area contributed by atoms with E-state index >= 15 is 0 Å². The van der Waals surface area contributed by atoms with E-state index in [1.165, 1.54) is 184 Å². The largest absolute Gasteiger partial charge is 0.481 e. The lowest BCUT2D eigenvalue weighted by Crippen LogP contribution is -2.46. The average Bonchev–Trinajstić information content (AvgIpc) is 3.59. The van der Waals surface area contributed by atoms with Crippen molar-refractivity contribution in [1.82, 2.24) is 24.9 Å². The molecule has 5 heterocycles. The highest BCUT2D eigenvalue weighted by Crippen LogP contribution is 2.24. The molecule has 0 aromatic rings. The van der Waals surface area contributed by atoms with Crippen LogP contribution in [0, 0.1) is 32.5 Å². The van der Waals surface area contributed by atoms with E-state index in [4.69, 9.17) is 15.9 Å². The van der Waals surface area contributed by atoms with Crippen molar-refractivity contribution >= 4 is 40.8 Å². The van der Waals surface area contributed by atoms with Gasteiger partial charge < -0.3 is 40.9 Å². The van der Waals surface area contributed by atoms with Crippen LogP contribution in [0.5, 0.6) is 0 Å². The summed E-state index contributed by atoms with van der Waals surface area (Å²) in [6.07, 6.45) is 19.7. The Labute approximate surface area is 527 Å². The molecule has 15 heteroatoms. The summed E-state index contributed by atoms with van der Waals surface area (Å²) < 4.78 is 0. The molecular weight excluding hydrogens is 1070 g/mol. The Morgan fingerprint density at radius 1 is 0.376 bits per heavy atom. The molecule has 510 valence electrons. The summed E-state index contributed by atoms with van der Waals surface area (Å²) in [5, 5.41) is 20.8. The lowest BCUT2D eigenvalue weighted by Gasteiger charge is -2.34. The number of nitrogens with zero attached hydrogens (tertiary/aromatic N) is 4. The Morgan fingerprint density at radius 3 is 0.847 bits per heavy atom. The van der Waals surface area contributed by atoms with Crippen LogP contribution in [0.3, 0.4) is 0 Å². The van der Waals surface area contributed by atoms with Gasteiger partial charge in [0.2, 0.25) is 5.91 Å². The Balaban J connectivity index is -0.000000164. The molecule has 5 rings (SSSR count). The molecule has 85 heavy (non-hydrogen) atoms. The molecule has 15 nitrogen and oxygen atoms in total. The number of carbonyl (C=O) groups excluding carboxylic acids is 6. The summed E-state index contributed by atoms with van der Waals surface area (Å²) in [6, 6.07) is 0. The van der Waals surface area contributed by atoms with Crippen molar-refractivity contribution < 1.29 is 43.8 Å². The zero-order valence-electron chi connectivity index (χ0n) is 61.3. The number of nitrogens with two attached hydrogens (primary N) is 1. The van der Waals surface area contributed by atoms with Crippen molar-refractivity contribution in [3.8, 4) is 0 Å². The van der Waals surface area contributed by atoms with E-state index in [9.17, 15) is 33.6 Å². The molecule has 0 atom stereocenters. The summed E-state index contributed by atoms with van der Waals surface area (Å²) in [5.41, 5.74) is 3.09. The number of aliphatic carboxylic acids is 1. The summed E-state index contributed by atoms with van der Waals surface area (Å²) >= 11 is 0. The molecule has 1 amide bonds. The molecule has 5 aliphatic rings. The maximum absolute atomic E-state index is 12.0. The van der Waals surface area contributed by atoms with Crippen molar-refractivity contribution in [2.75, 3.05) is 98.2 Å². The highest BCUT2D eigenvalue weighted by Gasteiger charge is 2.37. The highest BCUT2D eigenvalue weighted by molar-refractivity contribution is 6.04. The Hall–Kier alpha value is -2.95. The van der Waals surface area contributed by atoms with Gasteiger partial charge in [0.15, 0.2) is 0 Å². The number of ketones is 5. The minimum Gasteiger partial charge on any atom is -0.481 e. The van der Waals surface area contributed by atoms with E-state index in [0.29, 0.717) is 17.8 Å². The number of nitrogens with one attached hydrogen (secondary N) is 1. The fraction of sp³-hybridized carbons (Fsp3) is 0.900. The van der Waals surface area contributed by atoms with Crippen LogP contribution in [0.25, 0.3) is 0 Å². The molecule has 0 unspecified atom stereocenters. The van der Waals surface area contributed by atoms with Gasteiger partial charge in [-0.1, -0.05) is 136 Å². The standard InChI is InChI=1S/C11H19NO2.C11H21NO.C10H22N2.C10H21NO.C7H12O2.C6H10O3.C5H11N.5C2H6/c1-9(13)11(2,3)10(14)12-7-5-4-6-8-12;1-10(13)11(2,3)9-12-7-5-4-6-8-12;1-10(2,8-11)9-12-6-4-3-5-7-12;1-10(2,9-12)8-11-6-4-3-5-7-11;1-5(8)7(3,4)6(2)9;1-4(7)6(2,3)5(8)9;1-2-4-6-5-3-1;5*1-2/h4-8H2,1-3H3;4-9H2,1-3H3;3-9,11H2,1-2H3;12H,3-9H2,1-2H3;1-4H3;1-3H3,(H,8,9);6H,1-5H2;5*1-2H3. The summed E-state index contributed by atoms with van der Waals surface area (Å²) in [7, 11) is 0. The summed E-state index contributed by atoms with van der Waals surface area (Å²) in [4.78, 5) is 86.0. The second-order valence-electron chi connectivity index (χ2n) is 25.7. The fourth-order valence-corrected chi connectivity index (χ4v) is 8.19. The van der Waals surface area contributed by atoms with E-state index in [-0.39, 0.29) is 39.9 Å². The molecule has 5 N–H and O–H groups in total. The number of carbonyl (C=O) groups is 7. The molecule has 5 saturated heterocycles. The van der Waals surface area contributed by atoms with Crippen molar-refractivity contribution in [3.63, 3.8) is 0 Å². The van der Waals surface area contributed by atoms with Crippen LogP contribution < -0.4 is 11.1 Å². The first-order valence-electron chi connectivity index (χ1n) is 33.8. The third-order valence-corrected chi connectivity index (χ3v) is 15.6. The maximum Gasteiger partial charge on any atom is 0.316 e. The van der Waals surface area contributed by atoms with Crippen LogP contribution in [-0.2, 0) is 33.6 Å². The topological polar surface area (TPSA) is 211 Å². The van der Waals surface area contributed by atoms with Gasteiger partial charge in [0, 0.05) is 50.2 Å². The van der Waals surface area contributed by atoms with Gasteiger partial charge >= 0.3 is 5.97 Å². The number of hydrogen-bond donors (Lipinski definition) is 4. The fourth-order valence-electron chi connectivity index (χ4n) is 8.19. The number of Topliss-reactive ketones (excluding diaryl/α,β-unsaturated/α-hetero) is 5. The van der Waals surface area contributed by atoms with Crippen molar-refractivity contribution in [3.05, 3.63) is 0 Å². The quantitative estimate of drug-likeness (QED) is 0.112. The minimum absolute atomic E-state index is 0.00954. The second-order valence-corrected chi connectivity index (χ2v) is 25.7. The molecule has 5 fully saturated rings. The Bertz CT molecular complexity index is 1550. The van der Waals surface area contributed by atoms with E-state index in [0.717, 1.165) is 45.6 Å². The Morgan fingerprint density at radius 2 is 0.647 bits per heavy atom. The molecule has 0 aromatic heterocycles. The third kappa shape index (κ3) is 48.6. The average molecular weight is 1220 g/mol. The smallest absolute Gasteiger partial charge is 0.316 e. The van der Waals surface area contributed by atoms with E-state index in [1.54, 1.807) is 34.6 Å². The number of hydrogen-bond acceptors (Lipinski definition) is 13.